The van der Waals surface area contributed by atoms with Gasteiger partial charge >= 0.3 is 12.1 Å². The first kappa shape index (κ1) is 25.4. The fourth-order valence-electron chi connectivity index (χ4n) is 4.21. The van der Waals surface area contributed by atoms with E-state index < -0.39 is 27.0 Å². The van der Waals surface area contributed by atoms with Crippen molar-refractivity contribution in [3.8, 4) is 5.75 Å². The molecule has 13 heteroatoms. The number of aromatic nitrogens is 1. The van der Waals surface area contributed by atoms with Crippen molar-refractivity contribution in [1.82, 2.24) is 9.29 Å². The van der Waals surface area contributed by atoms with Gasteiger partial charge in [-0.2, -0.15) is 13.2 Å². The van der Waals surface area contributed by atoms with E-state index in [1.54, 1.807) is 39.2 Å². The molecule has 2 aromatic carbocycles. The van der Waals surface area contributed by atoms with Crippen LogP contribution in [0.3, 0.4) is 0 Å². The molecule has 36 heavy (non-hydrogen) atoms. The van der Waals surface area contributed by atoms with E-state index >= 15 is 0 Å². The number of halogens is 3. The Morgan fingerprint density at radius 2 is 1.72 bits per heavy atom. The maximum atomic E-state index is 12.7. The Morgan fingerprint density at radius 1 is 1.03 bits per heavy atom. The summed E-state index contributed by atoms with van der Waals surface area (Å²) in [4.78, 5) is 27.0. The summed E-state index contributed by atoms with van der Waals surface area (Å²) in [7, 11) is 0.0976. The number of fused-ring (bicyclic) bond motifs is 2. The van der Waals surface area contributed by atoms with Crippen LogP contribution in [0.1, 0.15) is 5.56 Å². The van der Waals surface area contributed by atoms with Crippen molar-refractivity contribution in [2.45, 2.75) is 18.0 Å². The SMILES string of the molecule is COc1cc(N2CCN(C)c3ccc(S(=O)(=O)NC(=O)C(F)(F)F)cc32)c2cc(C)c(=O)n(C)c2c1. The molecule has 0 saturated carbocycles. The highest BCUT2D eigenvalue weighted by Gasteiger charge is 2.41. The summed E-state index contributed by atoms with van der Waals surface area (Å²) in [5, 5.41) is 0.699. The highest BCUT2D eigenvalue weighted by atomic mass is 32.2. The van der Waals surface area contributed by atoms with Crippen LogP contribution in [0.2, 0.25) is 0 Å². The molecule has 2 heterocycles. The van der Waals surface area contributed by atoms with Gasteiger partial charge in [0, 0.05) is 50.3 Å². The van der Waals surface area contributed by atoms with Gasteiger partial charge < -0.3 is 19.1 Å². The number of pyridine rings is 1. The molecule has 0 unspecified atom stereocenters. The van der Waals surface area contributed by atoms with Crippen molar-refractivity contribution >= 4 is 43.9 Å². The second-order valence-corrected chi connectivity index (χ2v) is 10.1. The van der Waals surface area contributed by atoms with Crippen LogP contribution in [0.4, 0.5) is 30.2 Å². The first-order valence-corrected chi connectivity index (χ1v) is 12.2. The van der Waals surface area contributed by atoms with Gasteiger partial charge in [0.05, 0.1) is 34.6 Å². The van der Waals surface area contributed by atoms with E-state index in [1.807, 2.05) is 9.80 Å². The van der Waals surface area contributed by atoms with Crippen LogP contribution in [0.15, 0.2) is 46.1 Å². The molecule has 1 N–H and O–H groups in total. The Labute approximate surface area is 204 Å². The first-order valence-electron chi connectivity index (χ1n) is 10.7. The predicted molar refractivity (Wildman–Crippen MR) is 129 cm³/mol. The van der Waals surface area contributed by atoms with E-state index in [9.17, 15) is 31.2 Å². The molecule has 1 aliphatic rings. The number of methoxy groups -OCH3 is 1. The second kappa shape index (κ2) is 8.73. The van der Waals surface area contributed by atoms with Crippen LogP contribution >= 0.6 is 0 Å². The largest absolute Gasteiger partial charge is 0.497 e. The van der Waals surface area contributed by atoms with Gasteiger partial charge in [0.15, 0.2) is 0 Å². The number of nitrogens with one attached hydrogen (secondary N) is 1. The van der Waals surface area contributed by atoms with E-state index in [1.165, 1.54) is 23.8 Å². The number of hydrogen-bond donors (Lipinski definition) is 1. The van der Waals surface area contributed by atoms with Gasteiger partial charge in [-0.05, 0) is 31.2 Å². The van der Waals surface area contributed by atoms with Crippen LogP contribution in [-0.2, 0) is 21.9 Å². The standard InChI is InChI=1S/C23H23F3N4O5S/c1-13-9-16-18(29(3)21(13)31)10-14(35-4)11-19(16)30-8-7-28(2)17-6-5-15(12-20(17)30)36(33,34)27-22(32)23(24,25)26/h5-6,9-12H,7-8H2,1-4H3,(H,27,32). The number of nitrogens with zero attached hydrogens (tertiary/aromatic N) is 3. The molecular formula is C23H23F3N4O5S. The number of ether oxygens (including phenoxy) is 1. The Balaban J connectivity index is 1.92. The highest BCUT2D eigenvalue weighted by Crippen LogP contribution is 2.42. The van der Waals surface area contributed by atoms with Crippen molar-refractivity contribution in [2.75, 3.05) is 37.0 Å². The van der Waals surface area contributed by atoms with E-state index in [2.05, 4.69) is 0 Å². The number of hydrogen-bond acceptors (Lipinski definition) is 7. The Hall–Kier alpha value is -3.74. The zero-order chi connectivity index (χ0) is 26.6. The molecule has 0 radical (unpaired) electrons. The number of amides is 1. The topological polar surface area (TPSA) is 101 Å². The maximum absolute atomic E-state index is 12.7. The summed E-state index contributed by atoms with van der Waals surface area (Å²) in [6.07, 6.45) is -5.36. The van der Waals surface area contributed by atoms with Crippen molar-refractivity contribution in [3.63, 3.8) is 0 Å². The molecule has 0 fully saturated rings. The zero-order valence-electron chi connectivity index (χ0n) is 19.8. The van der Waals surface area contributed by atoms with Crippen molar-refractivity contribution in [3.05, 3.63) is 52.3 Å². The quantitative estimate of drug-likeness (QED) is 0.560. The number of rotatable bonds is 4. The summed E-state index contributed by atoms with van der Waals surface area (Å²) in [6.45, 7) is 2.63. The van der Waals surface area contributed by atoms with Crippen molar-refractivity contribution in [2.24, 2.45) is 7.05 Å². The number of aryl methyl sites for hydroxylation is 2. The lowest BCUT2D eigenvalue weighted by Crippen LogP contribution is -2.41. The number of anilines is 3. The van der Waals surface area contributed by atoms with Gasteiger partial charge in [-0.1, -0.05) is 0 Å². The average Bonchev–Trinajstić information content (AvgIpc) is 2.81. The number of alkyl halides is 3. The Bertz CT molecular complexity index is 1550. The average molecular weight is 525 g/mol. The fourth-order valence-corrected chi connectivity index (χ4v) is 5.20. The normalized spacial score (nSPS) is 14.1. The molecule has 1 amide bonds. The molecule has 4 rings (SSSR count). The minimum absolute atomic E-state index is 0.186. The summed E-state index contributed by atoms with van der Waals surface area (Å²) in [6, 6.07) is 9.02. The van der Waals surface area contributed by atoms with Crippen molar-refractivity contribution < 1.29 is 31.1 Å². The number of sulfonamides is 1. The molecule has 0 bridgehead atoms. The number of carbonyl (C=O) groups is 1. The van der Waals surface area contributed by atoms with Crippen molar-refractivity contribution in [1.29, 1.82) is 0 Å². The van der Waals surface area contributed by atoms with E-state index in [0.29, 0.717) is 52.4 Å². The van der Waals surface area contributed by atoms with Crippen LogP contribution < -0.4 is 24.8 Å². The lowest BCUT2D eigenvalue weighted by Gasteiger charge is -2.38. The maximum Gasteiger partial charge on any atom is 0.472 e. The Kier molecular flexibility index (Phi) is 6.15. The number of benzene rings is 2. The molecule has 1 aromatic heterocycles. The van der Waals surface area contributed by atoms with Gasteiger partial charge in [-0.3, -0.25) is 9.59 Å². The summed E-state index contributed by atoms with van der Waals surface area (Å²) >= 11 is 0. The van der Waals surface area contributed by atoms with Crippen LogP contribution in [0, 0.1) is 6.92 Å². The molecule has 0 spiro atoms. The molecule has 3 aromatic rings. The highest BCUT2D eigenvalue weighted by molar-refractivity contribution is 7.90. The van der Waals surface area contributed by atoms with E-state index in [0.717, 1.165) is 10.8 Å². The number of likely N-dealkylation sites (N-methyl/N-ethyl adjacent to an activating group) is 1. The lowest BCUT2D eigenvalue weighted by atomic mass is 10.1. The fraction of sp³-hybridized carbons (Fsp3) is 0.304. The third-order valence-corrected chi connectivity index (χ3v) is 7.43. The minimum atomic E-state index is -5.36. The smallest absolute Gasteiger partial charge is 0.472 e. The molecule has 0 aliphatic carbocycles. The van der Waals surface area contributed by atoms with E-state index in [4.69, 9.17) is 4.74 Å². The van der Waals surface area contributed by atoms with Gasteiger partial charge in [0.25, 0.3) is 15.6 Å². The molecule has 1 aliphatic heterocycles. The third-order valence-electron chi connectivity index (χ3n) is 6.10. The van der Waals surface area contributed by atoms with Crippen LogP contribution in [0.25, 0.3) is 10.9 Å². The zero-order valence-corrected chi connectivity index (χ0v) is 20.6. The molecule has 0 saturated heterocycles. The van der Waals surface area contributed by atoms with E-state index in [-0.39, 0.29) is 5.56 Å². The number of carbonyl (C=O) groups excluding carboxylic acids is 1. The molecular weight excluding hydrogens is 501 g/mol. The Morgan fingerprint density at radius 3 is 2.36 bits per heavy atom. The van der Waals surface area contributed by atoms with Gasteiger partial charge in [-0.25, -0.2) is 13.1 Å². The molecule has 192 valence electrons. The third kappa shape index (κ3) is 4.34. The molecule has 9 nitrogen and oxygen atoms in total. The second-order valence-electron chi connectivity index (χ2n) is 8.43. The van der Waals surface area contributed by atoms with Gasteiger partial charge in [-0.15, -0.1) is 0 Å². The summed E-state index contributed by atoms with van der Waals surface area (Å²) < 4.78 is 71.3. The van der Waals surface area contributed by atoms with Gasteiger partial charge in [0.2, 0.25) is 0 Å². The predicted octanol–water partition coefficient (Wildman–Crippen LogP) is 2.81. The lowest BCUT2D eigenvalue weighted by molar-refractivity contribution is -0.171. The monoisotopic (exact) mass is 524 g/mol. The minimum Gasteiger partial charge on any atom is -0.497 e. The molecule has 0 atom stereocenters. The summed E-state index contributed by atoms with van der Waals surface area (Å²) in [5.74, 6) is -2.12. The van der Waals surface area contributed by atoms with Crippen LogP contribution in [-0.4, -0.2) is 52.3 Å². The van der Waals surface area contributed by atoms with Gasteiger partial charge in [0.1, 0.15) is 5.75 Å². The first-order chi connectivity index (χ1) is 16.7. The summed E-state index contributed by atoms with van der Waals surface area (Å²) in [5.41, 5.74) is 2.53. The van der Waals surface area contributed by atoms with Crippen LogP contribution in [0.5, 0.6) is 5.75 Å².